The molecule has 0 spiro atoms. The summed E-state index contributed by atoms with van der Waals surface area (Å²) in [6.45, 7) is 1.97. The highest BCUT2D eigenvalue weighted by atomic mass is 32.1. The summed E-state index contributed by atoms with van der Waals surface area (Å²) in [5.74, 6) is -0.0365. The van der Waals surface area contributed by atoms with Crippen molar-refractivity contribution in [2.75, 3.05) is 10.6 Å². The van der Waals surface area contributed by atoms with Gasteiger partial charge in [0.05, 0.1) is 16.9 Å². The number of hydrazone groups is 1. The molecular weight excluding hydrogens is 448 g/mol. The molecule has 3 heterocycles. The van der Waals surface area contributed by atoms with E-state index in [0.29, 0.717) is 17.8 Å². The first-order chi connectivity index (χ1) is 16.5. The highest BCUT2D eigenvalue weighted by Crippen LogP contribution is 2.23. The van der Waals surface area contributed by atoms with E-state index in [1.807, 2.05) is 79.1 Å². The van der Waals surface area contributed by atoms with Gasteiger partial charge < -0.3 is 10.6 Å². The lowest BCUT2D eigenvalue weighted by Crippen LogP contribution is -2.31. The van der Waals surface area contributed by atoms with Gasteiger partial charge >= 0.3 is 6.03 Å². The van der Waals surface area contributed by atoms with Crippen molar-refractivity contribution in [3.05, 3.63) is 76.1 Å². The van der Waals surface area contributed by atoms with Crippen molar-refractivity contribution in [1.29, 1.82) is 0 Å². The fourth-order valence-corrected chi connectivity index (χ4v) is 4.43. The second-order valence-electron chi connectivity index (χ2n) is 8.01. The maximum absolute atomic E-state index is 12.5. The molecule has 170 valence electrons. The molecule has 1 aliphatic heterocycles. The number of carbonyl (C=O) groups excluding carboxylic acids is 2. The number of carbonyl (C=O) groups is 2. The fourth-order valence-electron chi connectivity index (χ4n) is 3.81. The molecule has 0 saturated carbocycles. The number of benzene rings is 2. The van der Waals surface area contributed by atoms with Crippen LogP contribution in [0.15, 0.2) is 65.1 Å². The number of hydrogen-bond acceptors (Lipinski definition) is 5. The van der Waals surface area contributed by atoms with Gasteiger partial charge in [-0.05, 0) is 59.5 Å². The van der Waals surface area contributed by atoms with E-state index in [4.69, 9.17) is 0 Å². The lowest BCUT2D eigenvalue weighted by Gasteiger charge is -2.19. The van der Waals surface area contributed by atoms with Crippen LogP contribution in [0.3, 0.4) is 0 Å². The van der Waals surface area contributed by atoms with E-state index < -0.39 is 0 Å². The zero-order chi connectivity index (χ0) is 23.5. The number of nitrogens with zero attached hydrogens (tertiary/aromatic N) is 2. The minimum absolute atomic E-state index is 0.0416. The highest BCUT2D eigenvalue weighted by Gasteiger charge is 2.21. The molecule has 1 atom stereocenters. The van der Waals surface area contributed by atoms with Crippen molar-refractivity contribution in [1.82, 2.24) is 15.6 Å². The van der Waals surface area contributed by atoms with Gasteiger partial charge in [-0.1, -0.05) is 25.1 Å². The van der Waals surface area contributed by atoms with Gasteiger partial charge in [-0.15, -0.1) is 11.3 Å². The van der Waals surface area contributed by atoms with E-state index >= 15 is 0 Å². The van der Waals surface area contributed by atoms with Gasteiger partial charge in [-0.2, -0.15) is 10.2 Å². The molecule has 0 aliphatic carbocycles. The van der Waals surface area contributed by atoms with E-state index in [9.17, 15) is 9.59 Å². The van der Waals surface area contributed by atoms with Crippen LogP contribution in [-0.2, 0) is 4.79 Å². The standard InChI is InChI=1S/C25H22N6O2S/c1-15-13-23(32)30-31-24(15)16-4-6-17(7-5-16)26-25(33)27-18-8-10-20-21(28-29-22(20)14-18)11-9-19-3-2-12-34-19/h2-12,14-15H,13H2,1H3,(H,28,29)(H,30,32)(H2,26,27,33)/b11-9+. The van der Waals surface area contributed by atoms with Gasteiger partial charge in [0.1, 0.15) is 0 Å². The van der Waals surface area contributed by atoms with Crippen molar-refractivity contribution in [2.24, 2.45) is 11.0 Å². The number of anilines is 2. The Morgan fingerprint density at radius 1 is 1.09 bits per heavy atom. The Balaban J connectivity index is 1.23. The molecule has 8 nitrogen and oxygen atoms in total. The average Bonchev–Trinajstić information content (AvgIpc) is 3.48. The summed E-state index contributed by atoms with van der Waals surface area (Å²) in [7, 11) is 0. The summed E-state index contributed by atoms with van der Waals surface area (Å²) in [4.78, 5) is 25.1. The predicted octanol–water partition coefficient (Wildman–Crippen LogP) is 5.30. The molecule has 9 heteroatoms. The molecule has 4 aromatic rings. The lowest BCUT2D eigenvalue weighted by molar-refractivity contribution is -0.121. The number of rotatable bonds is 5. The minimum atomic E-state index is -0.347. The molecule has 0 fully saturated rings. The zero-order valence-electron chi connectivity index (χ0n) is 18.3. The monoisotopic (exact) mass is 470 g/mol. The third-order valence-corrected chi connectivity index (χ3v) is 6.33. The largest absolute Gasteiger partial charge is 0.323 e. The van der Waals surface area contributed by atoms with Crippen molar-refractivity contribution in [3.63, 3.8) is 0 Å². The number of aromatic nitrogens is 2. The quantitative estimate of drug-likeness (QED) is 0.318. The van der Waals surface area contributed by atoms with E-state index in [-0.39, 0.29) is 17.9 Å². The number of aromatic amines is 1. The second-order valence-corrected chi connectivity index (χ2v) is 8.99. The number of amides is 3. The number of hydrogen-bond donors (Lipinski definition) is 4. The molecule has 1 aliphatic rings. The minimum Gasteiger partial charge on any atom is -0.308 e. The Bertz CT molecular complexity index is 1400. The summed E-state index contributed by atoms with van der Waals surface area (Å²) in [5.41, 5.74) is 7.24. The summed E-state index contributed by atoms with van der Waals surface area (Å²) >= 11 is 1.67. The molecule has 34 heavy (non-hydrogen) atoms. The van der Waals surface area contributed by atoms with Crippen molar-refractivity contribution < 1.29 is 9.59 Å². The predicted molar refractivity (Wildman–Crippen MR) is 137 cm³/mol. The SMILES string of the molecule is CC1CC(=O)NN=C1c1ccc(NC(=O)Nc2ccc3c(/C=C/c4cccs4)n[nH]c3c2)cc1. The number of nitrogens with one attached hydrogen (secondary N) is 4. The molecular formula is C25H22N6O2S. The zero-order valence-corrected chi connectivity index (χ0v) is 19.1. The molecule has 0 saturated heterocycles. The third-order valence-electron chi connectivity index (χ3n) is 5.50. The van der Waals surface area contributed by atoms with Gasteiger partial charge in [0, 0.05) is 34.0 Å². The van der Waals surface area contributed by atoms with Crippen LogP contribution in [0, 0.1) is 5.92 Å². The van der Waals surface area contributed by atoms with Crippen LogP contribution in [0.5, 0.6) is 0 Å². The third kappa shape index (κ3) is 4.74. The van der Waals surface area contributed by atoms with E-state index in [0.717, 1.165) is 32.7 Å². The fraction of sp³-hybridized carbons (Fsp3) is 0.120. The molecule has 2 aromatic carbocycles. The first-order valence-corrected chi connectivity index (χ1v) is 11.7. The van der Waals surface area contributed by atoms with Crippen molar-refractivity contribution >= 4 is 63.4 Å². The molecule has 2 aromatic heterocycles. The first-order valence-electron chi connectivity index (χ1n) is 10.8. The van der Waals surface area contributed by atoms with Gasteiger partial charge in [0.2, 0.25) is 5.91 Å². The van der Waals surface area contributed by atoms with E-state index in [1.54, 1.807) is 11.3 Å². The second kappa shape index (κ2) is 9.32. The molecule has 3 amide bonds. The first kappa shape index (κ1) is 21.6. The van der Waals surface area contributed by atoms with Crippen LogP contribution in [0.4, 0.5) is 16.2 Å². The van der Waals surface area contributed by atoms with Crippen molar-refractivity contribution in [3.8, 4) is 0 Å². The molecule has 1 unspecified atom stereocenters. The average molecular weight is 471 g/mol. The van der Waals surface area contributed by atoms with Crippen LogP contribution >= 0.6 is 11.3 Å². The van der Waals surface area contributed by atoms with Crippen LogP contribution in [0.2, 0.25) is 0 Å². The maximum Gasteiger partial charge on any atom is 0.323 e. The Labute approximate surface area is 199 Å². The molecule has 4 N–H and O–H groups in total. The highest BCUT2D eigenvalue weighted by molar-refractivity contribution is 7.10. The maximum atomic E-state index is 12.5. The number of fused-ring (bicyclic) bond motifs is 1. The summed E-state index contributed by atoms with van der Waals surface area (Å²) < 4.78 is 0. The van der Waals surface area contributed by atoms with Gasteiger partial charge in [0.25, 0.3) is 0 Å². The van der Waals surface area contributed by atoms with Crippen LogP contribution in [0.1, 0.15) is 29.5 Å². The summed E-state index contributed by atoms with van der Waals surface area (Å²) in [6.07, 6.45) is 4.42. The normalized spacial score (nSPS) is 15.9. The van der Waals surface area contributed by atoms with Crippen LogP contribution in [0.25, 0.3) is 23.1 Å². The number of H-pyrrole nitrogens is 1. The molecule has 0 bridgehead atoms. The van der Waals surface area contributed by atoms with Gasteiger partial charge in [0.15, 0.2) is 0 Å². The van der Waals surface area contributed by atoms with Gasteiger partial charge in [-0.3, -0.25) is 9.89 Å². The Morgan fingerprint density at radius 2 is 1.88 bits per heavy atom. The van der Waals surface area contributed by atoms with E-state index in [2.05, 4.69) is 31.4 Å². The topological polar surface area (TPSA) is 111 Å². The smallest absolute Gasteiger partial charge is 0.308 e. The Hall–Kier alpha value is -4.24. The number of urea groups is 1. The van der Waals surface area contributed by atoms with Gasteiger partial charge in [-0.25, -0.2) is 10.2 Å². The van der Waals surface area contributed by atoms with Crippen LogP contribution < -0.4 is 16.1 Å². The Kier molecular flexibility index (Phi) is 5.92. The van der Waals surface area contributed by atoms with E-state index in [1.165, 1.54) is 0 Å². The Morgan fingerprint density at radius 3 is 2.65 bits per heavy atom. The lowest BCUT2D eigenvalue weighted by atomic mass is 9.94. The van der Waals surface area contributed by atoms with Crippen molar-refractivity contribution in [2.45, 2.75) is 13.3 Å². The summed E-state index contributed by atoms with van der Waals surface area (Å²) in [5, 5.41) is 20.2. The number of thiophene rings is 1. The molecule has 0 radical (unpaired) electrons. The van der Waals surface area contributed by atoms with Crippen LogP contribution in [-0.4, -0.2) is 27.8 Å². The molecule has 5 rings (SSSR count). The summed E-state index contributed by atoms with van der Waals surface area (Å²) in [6, 6.07) is 16.7.